The maximum Gasteiger partial charge on any atom is 0.229 e. The topological polar surface area (TPSA) is 75.3 Å². The number of nitrogens with one attached hydrogen (secondary N) is 2. The highest BCUT2D eigenvalue weighted by atomic mass is 35.5. The molecule has 0 bridgehead atoms. The van der Waals surface area contributed by atoms with Crippen molar-refractivity contribution in [2.75, 3.05) is 10.6 Å². The highest BCUT2D eigenvalue weighted by molar-refractivity contribution is 7.18. The van der Waals surface area contributed by atoms with Crippen LogP contribution in [0, 0.1) is 5.41 Å². The third-order valence-corrected chi connectivity index (χ3v) is 4.78. The van der Waals surface area contributed by atoms with E-state index in [2.05, 4.69) is 10.6 Å². The number of Topliss-reactive ketones (excluding diaryl/α,β-unsaturated/α-hetero) is 1. The first kappa shape index (κ1) is 20.1. The Labute approximate surface area is 161 Å². The Morgan fingerprint density at radius 2 is 1.65 bits per heavy atom. The lowest BCUT2D eigenvalue weighted by Crippen LogP contribution is -2.27. The lowest BCUT2D eigenvalue weighted by molar-refractivity contribution is -0.123. The lowest BCUT2D eigenvalue weighted by Gasteiger charge is -2.18. The maximum atomic E-state index is 12.1. The molecule has 2 aromatic rings. The van der Waals surface area contributed by atoms with Crippen LogP contribution in [0.4, 0.5) is 11.4 Å². The molecule has 1 aromatic carbocycles. The minimum atomic E-state index is -0.510. The van der Waals surface area contributed by atoms with Gasteiger partial charge in [0.1, 0.15) is 0 Å². The predicted molar refractivity (Wildman–Crippen MR) is 106 cm³/mol. The zero-order chi connectivity index (χ0) is 19.3. The van der Waals surface area contributed by atoms with Crippen molar-refractivity contribution in [3.63, 3.8) is 0 Å². The Hall–Kier alpha value is -2.18. The summed E-state index contributed by atoms with van der Waals surface area (Å²) in [5.74, 6) is -0.482. The van der Waals surface area contributed by atoms with Crippen LogP contribution in [0.2, 0.25) is 4.34 Å². The molecule has 1 heterocycles. The van der Waals surface area contributed by atoms with E-state index in [1.807, 2.05) is 20.8 Å². The Balaban J connectivity index is 1.89. The molecule has 138 valence electrons. The van der Waals surface area contributed by atoms with Crippen LogP contribution in [0.25, 0.3) is 0 Å². The van der Waals surface area contributed by atoms with Crippen LogP contribution in [0.1, 0.15) is 43.3 Å². The van der Waals surface area contributed by atoms with Gasteiger partial charge < -0.3 is 10.6 Å². The molecule has 26 heavy (non-hydrogen) atoms. The third-order valence-electron chi connectivity index (χ3n) is 3.51. The average Bonchev–Trinajstić information content (AvgIpc) is 2.98. The summed E-state index contributed by atoms with van der Waals surface area (Å²) in [5, 5.41) is 5.56. The second-order valence-electron chi connectivity index (χ2n) is 6.86. The fourth-order valence-electron chi connectivity index (χ4n) is 2.03. The fraction of sp³-hybridized carbons (Fsp3) is 0.316. The zero-order valence-corrected chi connectivity index (χ0v) is 16.5. The van der Waals surface area contributed by atoms with E-state index in [0.29, 0.717) is 20.6 Å². The van der Waals surface area contributed by atoms with Gasteiger partial charge in [-0.1, -0.05) is 38.4 Å². The van der Waals surface area contributed by atoms with Crippen molar-refractivity contribution in [2.24, 2.45) is 5.41 Å². The molecular formula is C19H21ClN2O3S. The first-order valence-electron chi connectivity index (χ1n) is 8.15. The van der Waals surface area contributed by atoms with Crippen molar-refractivity contribution < 1.29 is 14.4 Å². The van der Waals surface area contributed by atoms with Gasteiger partial charge in [0, 0.05) is 29.6 Å². The van der Waals surface area contributed by atoms with Crippen LogP contribution < -0.4 is 10.6 Å². The highest BCUT2D eigenvalue weighted by Gasteiger charge is 2.21. The van der Waals surface area contributed by atoms with E-state index in [4.69, 9.17) is 11.6 Å². The normalized spacial score (nSPS) is 11.1. The quantitative estimate of drug-likeness (QED) is 0.680. The van der Waals surface area contributed by atoms with E-state index in [-0.39, 0.29) is 30.4 Å². The zero-order valence-electron chi connectivity index (χ0n) is 14.9. The lowest BCUT2D eigenvalue weighted by atomic mass is 9.95. The van der Waals surface area contributed by atoms with E-state index in [1.54, 1.807) is 36.4 Å². The summed E-state index contributed by atoms with van der Waals surface area (Å²) in [6.07, 6.45) is 0.191. The smallest absolute Gasteiger partial charge is 0.229 e. The number of carbonyl (C=O) groups excluding carboxylic acids is 3. The summed E-state index contributed by atoms with van der Waals surface area (Å²) in [7, 11) is 0. The summed E-state index contributed by atoms with van der Waals surface area (Å²) >= 11 is 7.02. The molecule has 0 radical (unpaired) electrons. The van der Waals surface area contributed by atoms with Gasteiger partial charge in [-0.15, -0.1) is 11.3 Å². The van der Waals surface area contributed by atoms with Gasteiger partial charge in [-0.25, -0.2) is 0 Å². The molecule has 0 aliphatic rings. The molecule has 1 aromatic heterocycles. The average molecular weight is 393 g/mol. The molecule has 2 amide bonds. The Bertz CT molecular complexity index is 824. The molecule has 0 saturated heterocycles. The van der Waals surface area contributed by atoms with Gasteiger partial charge in [0.05, 0.1) is 9.21 Å². The fourth-order valence-corrected chi connectivity index (χ4v) is 3.04. The number of carbonyl (C=O) groups is 3. The SMILES string of the molecule is CC(C)(C)C(=O)Nc1cccc(NC(=O)CCC(=O)c2ccc(Cl)s2)c1. The number of rotatable bonds is 6. The third kappa shape index (κ3) is 5.97. The number of anilines is 2. The van der Waals surface area contributed by atoms with Gasteiger partial charge in [0.15, 0.2) is 5.78 Å². The summed E-state index contributed by atoms with van der Waals surface area (Å²) < 4.78 is 0.548. The van der Waals surface area contributed by atoms with Crippen molar-refractivity contribution >= 4 is 51.9 Å². The monoisotopic (exact) mass is 392 g/mol. The molecule has 0 fully saturated rings. The van der Waals surface area contributed by atoms with Crippen LogP contribution in [-0.4, -0.2) is 17.6 Å². The number of benzene rings is 1. The number of hydrogen-bond acceptors (Lipinski definition) is 4. The Morgan fingerprint density at radius 1 is 1.00 bits per heavy atom. The molecule has 0 atom stereocenters. The van der Waals surface area contributed by atoms with E-state index in [9.17, 15) is 14.4 Å². The molecule has 2 N–H and O–H groups in total. The van der Waals surface area contributed by atoms with Gasteiger partial charge in [0.2, 0.25) is 11.8 Å². The largest absolute Gasteiger partial charge is 0.326 e. The first-order chi connectivity index (χ1) is 12.1. The minimum Gasteiger partial charge on any atom is -0.326 e. The van der Waals surface area contributed by atoms with E-state index >= 15 is 0 Å². The molecule has 7 heteroatoms. The first-order valence-corrected chi connectivity index (χ1v) is 9.34. The van der Waals surface area contributed by atoms with Gasteiger partial charge in [-0.3, -0.25) is 14.4 Å². The number of ketones is 1. The molecule has 0 unspecified atom stereocenters. The van der Waals surface area contributed by atoms with Crippen molar-refractivity contribution in [1.82, 2.24) is 0 Å². The summed E-state index contributed by atoms with van der Waals surface area (Å²) in [6, 6.07) is 10.2. The number of thiophene rings is 1. The van der Waals surface area contributed by atoms with Crippen LogP contribution >= 0.6 is 22.9 Å². The summed E-state index contributed by atoms with van der Waals surface area (Å²) in [5.41, 5.74) is 0.657. The van der Waals surface area contributed by atoms with Gasteiger partial charge in [0.25, 0.3) is 0 Å². The Kier molecular flexibility index (Phi) is 6.56. The van der Waals surface area contributed by atoms with Gasteiger partial charge in [-0.05, 0) is 30.3 Å². The molecular weight excluding hydrogens is 372 g/mol. The standard InChI is InChI=1S/C19H21ClN2O3S/c1-19(2,3)18(25)22-13-6-4-5-12(11-13)21-17(24)10-7-14(23)15-8-9-16(20)26-15/h4-6,8-9,11H,7,10H2,1-3H3,(H,21,24)(H,22,25). The molecule has 0 aliphatic heterocycles. The summed E-state index contributed by atoms with van der Waals surface area (Å²) in [6.45, 7) is 5.48. The van der Waals surface area contributed by atoms with Crippen molar-refractivity contribution in [3.05, 3.63) is 45.6 Å². The highest BCUT2D eigenvalue weighted by Crippen LogP contribution is 2.23. The second kappa shape index (κ2) is 8.47. The van der Waals surface area contributed by atoms with Crippen LogP contribution in [0.5, 0.6) is 0 Å². The van der Waals surface area contributed by atoms with Crippen molar-refractivity contribution in [1.29, 1.82) is 0 Å². The second-order valence-corrected chi connectivity index (χ2v) is 8.58. The van der Waals surface area contributed by atoms with Gasteiger partial charge in [-0.2, -0.15) is 0 Å². The van der Waals surface area contributed by atoms with E-state index in [1.165, 1.54) is 11.3 Å². The van der Waals surface area contributed by atoms with Gasteiger partial charge >= 0.3 is 0 Å². The van der Waals surface area contributed by atoms with Crippen molar-refractivity contribution in [3.8, 4) is 0 Å². The summed E-state index contributed by atoms with van der Waals surface area (Å²) in [4.78, 5) is 36.7. The molecule has 5 nitrogen and oxygen atoms in total. The Morgan fingerprint density at radius 3 is 2.23 bits per heavy atom. The molecule has 2 rings (SSSR count). The van der Waals surface area contributed by atoms with Crippen LogP contribution in [-0.2, 0) is 9.59 Å². The van der Waals surface area contributed by atoms with E-state index < -0.39 is 5.41 Å². The molecule has 0 aliphatic carbocycles. The molecule has 0 saturated carbocycles. The number of halogens is 1. The number of hydrogen-bond donors (Lipinski definition) is 2. The van der Waals surface area contributed by atoms with Crippen LogP contribution in [0.3, 0.4) is 0 Å². The number of amides is 2. The van der Waals surface area contributed by atoms with E-state index in [0.717, 1.165) is 0 Å². The molecule has 0 spiro atoms. The maximum absolute atomic E-state index is 12.1. The van der Waals surface area contributed by atoms with Crippen LogP contribution in [0.15, 0.2) is 36.4 Å². The predicted octanol–water partition coefficient (Wildman–Crippen LogP) is 4.99. The minimum absolute atomic E-state index is 0.0763. The van der Waals surface area contributed by atoms with Crippen molar-refractivity contribution in [2.45, 2.75) is 33.6 Å².